The lowest BCUT2D eigenvalue weighted by atomic mass is 10.0. The fraction of sp³-hybridized carbons (Fsp3) is 0.765. The summed E-state index contributed by atoms with van der Waals surface area (Å²) in [6, 6.07) is 0.670. The zero-order valence-corrected chi connectivity index (χ0v) is 18.0. The van der Waals surface area contributed by atoms with Gasteiger partial charge in [0.25, 0.3) is 0 Å². The maximum Gasteiger partial charge on any atom is 0.319 e. The molecular formula is C17H31F2IN6. The summed E-state index contributed by atoms with van der Waals surface area (Å²) in [6.45, 7) is 5.59. The summed E-state index contributed by atoms with van der Waals surface area (Å²) in [4.78, 5) is 10.8. The Kier molecular flexibility index (Phi) is 11.0. The Bertz CT molecular complexity index is 537. The molecule has 26 heavy (non-hydrogen) atoms. The van der Waals surface area contributed by atoms with Gasteiger partial charge in [-0.2, -0.15) is 8.78 Å². The van der Waals surface area contributed by atoms with E-state index in [0.717, 1.165) is 30.6 Å². The van der Waals surface area contributed by atoms with Crippen LogP contribution in [0.15, 0.2) is 17.4 Å². The highest BCUT2D eigenvalue weighted by atomic mass is 127. The van der Waals surface area contributed by atoms with Crippen LogP contribution in [0.5, 0.6) is 0 Å². The Balaban J connectivity index is 0.00000338. The molecule has 0 radical (unpaired) electrons. The van der Waals surface area contributed by atoms with Crippen LogP contribution in [-0.2, 0) is 6.54 Å². The molecule has 150 valence electrons. The van der Waals surface area contributed by atoms with E-state index in [1.54, 1.807) is 0 Å². The Hall–Kier alpha value is -0.970. The molecule has 0 amide bonds. The molecule has 1 saturated heterocycles. The number of halogens is 3. The number of imidazole rings is 1. The molecule has 0 saturated carbocycles. The third-order valence-electron chi connectivity index (χ3n) is 4.54. The van der Waals surface area contributed by atoms with Crippen molar-refractivity contribution in [3.63, 3.8) is 0 Å². The monoisotopic (exact) mass is 484 g/mol. The highest BCUT2D eigenvalue weighted by molar-refractivity contribution is 14.0. The predicted molar refractivity (Wildman–Crippen MR) is 111 cm³/mol. The molecule has 1 aliphatic heterocycles. The van der Waals surface area contributed by atoms with E-state index in [1.165, 1.54) is 38.2 Å². The van der Waals surface area contributed by atoms with Crippen LogP contribution in [0.3, 0.4) is 0 Å². The van der Waals surface area contributed by atoms with Crippen LogP contribution < -0.4 is 10.6 Å². The van der Waals surface area contributed by atoms with Gasteiger partial charge in [0, 0.05) is 38.1 Å². The molecule has 0 bridgehead atoms. The average Bonchev–Trinajstić information content (AvgIpc) is 3.06. The lowest BCUT2D eigenvalue weighted by Crippen LogP contribution is -2.41. The zero-order chi connectivity index (χ0) is 18.1. The van der Waals surface area contributed by atoms with Gasteiger partial charge in [0.15, 0.2) is 5.96 Å². The molecule has 1 aromatic heterocycles. The lowest BCUT2D eigenvalue weighted by Gasteiger charge is -2.33. The van der Waals surface area contributed by atoms with E-state index in [9.17, 15) is 8.78 Å². The standard InChI is InChI=1S/C17H30F2N6.HI/c1-3-20-17(23-13-15-21-9-12-25(15)16(18)19)22-8-6-11-24-10-5-4-7-14(24)2;/h9,12,14,16H,3-8,10-11,13H2,1-2H3,(H2,20,22,23);1H. The summed E-state index contributed by atoms with van der Waals surface area (Å²) in [7, 11) is 0. The number of aromatic nitrogens is 2. The molecule has 6 nitrogen and oxygen atoms in total. The largest absolute Gasteiger partial charge is 0.357 e. The quantitative estimate of drug-likeness (QED) is 0.258. The van der Waals surface area contributed by atoms with Crippen LogP contribution >= 0.6 is 24.0 Å². The minimum Gasteiger partial charge on any atom is -0.357 e. The molecule has 0 aromatic carbocycles. The number of nitrogens with one attached hydrogen (secondary N) is 2. The summed E-state index contributed by atoms with van der Waals surface area (Å²) >= 11 is 0. The Morgan fingerprint density at radius 2 is 2.19 bits per heavy atom. The van der Waals surface area contributed by atoms with E-state index >= 15 is 0 Å². The van der Waals surface area contributed by atoms with Gasteiger partial charge >= 0.3 is 6.55 Å². The smallest absolute Gasteiger partial charge is 0.319 e. The van der Waals surface area contributed by atoms with E-state index in [0.29, 0.717) is 12.0 Å². The highest BCUT2D eigenvalue weighted by Gasteiger charge is 2.17. The van der Waals surface area contributed by atoms with E-state index in [2.05, 4.69) is 32.4 Å². The summed E-state index contributed by atoms with van der Waals surface area (Å²) in [6.07, 6.45) is 7.59. The van der Waals surface area contributed by atoms with E-state index in [4.69, 9.17) is 0 Å². The molecule has 2 rings (SSSR count). The van der Waals surface area contributed by atoms with Gasteiger partial charge in [0.05, 0.1) is 0 Å². The first kappa shape index (κ1) is 23.1. The van der Waals surface area contributed by atoms with Gasteiger partial charge < -0.3 is 15.5 Å². The minimum atomic E-state index is -2.59. The lowest BCUT2D eigenvalue weighted by molar-refractivity contribution is 0.0671. The summed E-state index contributed by atoms with van der Waals surface area (Å²) < 4.78 is 26.5. The van der Waals surface area contributed by atoms with Gasteiger partial charge in [-0.3, -0.25) is 4.57 Å². The van der Waals surface area contributed by atoms with Crippen LogP contribution in [-0.4, -0.2) is 52.6 Å². The molecule has 2 heterocycles. The van der Waals surface area contributed by atoms with Gasteiger partial charge in [0.2, 0.25) is 0 Å². The van der Waals surface area contributed by atoms with Gasteiger partial charge in [-0.05, 0) is 39.7 Å². The maximum atomic E-state index is 12.8. The van der Waals surface area contributed by atoms with Gasteiger partial charge in [0.1, 0.15) is 12.4 Å². The maximum absolute atomic E-state index is 12.8. The summed E-state index contributed by atoms with van der Waals surface area (Å²) in [5.74, 6) is 0.896. The second kappa shape index (κ2) is 12.4. The van der Waals surface area contributed by atoms with Crippen molar-refractivity contribution in [1.82, 2.24) is 25.1 Å². The van der Waals surface area contributed by atoms with Crippen molar-refractivity contribution in [3.05, 3.63) is 18.2 Å². The second-order valence-corrected chi connectivity index (χ2v) is 6.38. The van der Waals surface area contributed by atoms with Gasteiger partial charge in [-0.25, -0.2) is 9.98 Å². The van der Waals surface area contributed by atoms with Crippen molar-refractivity contribution in [2.24, 2.45) is 4.99 Å². The zero-order valence-electron chi connectivity index (χ0n) is 15.6. The number of guanidine groups is 1. The van der Waals surface area contributed by atoms with Gasteiger partial charge in [-0.15, -0.1) is 24.0 Å². The summed E-state index contributed by atoms with van der Waals surface area (Å²) in [5, 5.41) is 6.42. The van der Waals surface area contributed by atoms with Crippen molar-refractivity contribution in [3.8, 4) is 0 Å². The molecule has 0 aliphatic carbocycles. The van der Waals surface area contributed by atoms with E-state index < -0.39 is 6.55 Å². The average molecular weight is 484 g/mol. The number of hydrogen-bond acceptors (Lipinski definition) is 3. The van der Waals surface area contributed by atoms with Crippen LogP contribution in [0.25, 0.3) is 0 Å². The third kappa shape index (κ3) is 7.34. The van der Waals surface area contributed by atoms with Crippen molar-refractivity contribution in [2.45, 2.75) is 58.7 Å². The normalized spacial score (nSPS) is 18.7. The number of alkyl halides is 2. The Morgan fingerprint density at radius 1 is 1.38 bits per heavy atom. The number of nitrogens with zero attached hydrogens (tertiary/aromatic N) is 4. The van der Waals surface area contributed by atoms with Crippen molar-refractivity contribution < 1.29 is 8.78 Å². The molecule has 0 spiro atoms. The van der Waals surface area contributed by atoms with Crippen molar-refractivity contribution in [2.75, 3.05) is 26.2 Å². The SMILES string of the molecule is CCNC(=NCc1nccn1C(F)F)NCCCN1CCCCC1C.I. The Morgan fingerprint density at radius 3 is 2.88 bits per heavy atom. The number of aliphatic imine (C=N–C) groups is 1. The molecule has 1 unspecified atom stereocenters. The fourth-order valence-corrected chi connectivity index (χ4v) is 3.11. The van der Waals surface area contributed by atoms with Crippen molar-refractivity contribution in [1.29, 1.82) is 0 Å². The predicted octanol–water partition coefficient (Wildman–Crippen LogP) is 3.22. The first-order chi connectivity index (χ1) is 12.1. The topological polar surface area (TPSA) is 57.5 Å². The highest BCUT2D eigenvalue weighted by Crippen LogP contribution is 2.16. The first-order valence-corrected chi connectivity index (χ1v) is 9.18. The number of hydrogen-bond donors (Lipinski definition) is 2. The number of likely N-dealkylation sites (tertiary alicyclic amines) is 1. The van der Waals surface area contributed by atoms with E-state index in [-0.39, 0.29) is 36.3 Å². The van der Waals surface area contributed by atoms with Gasteiger partial charge in [-0.1, -0.05) is 6.42 Å². The first-order valence-electron chi connectivity index (χ1n) is 9.18. The molecular weight excluding hydrogens is 453 g/mol. The molecule has 9 heteroatoms. The molecule has 1 aromatic rings. The third-order valence-corrected chi connectivity index (χ3v) is 4.54. The molecule has 2 N–H and O–H groups in total. The minimum absolute atomic E-state index is 0. The second-order valence-electron chi connectivity index (χ2n) is 6.38. The van der Waals surface area contributed by atoms with Crippen molar-refractivity contribution >= 4 is 29.9 Å². The number of rotatable bonds is 8. The molecule has 1 fully saturated rings. The summed E-state index contributed by atoms with van der Waals surface area (Å²) in [5.41, 5.74) is 0. The van der Waals surface area contributed by atoms with Crippen LogP contribution in [0.1, 0.15) is 51.9 Å². The fourth-order valence-electron chi connectivity index (χ4n) is 3.11. The molecule has 1 atom stereocenters. The Labute approximate surface area is 171 Å². The van der Waals surface area contributed by atoms with Crippen LogP contribution in [0, 0.1) is 0 Å². The molecule has 1 aliphatic rings. The van der Waals surface area contributed by atoms with Crippen LogP contribution in [0.2, 0.25) is 0 Å². The van der Waals surface area contributed by atoms with Crippen LogP contribution in [0.4, 0.5) is 8.78 Å². The van der Waals surface area contributed by atoms with E-state index in [1.807, 2.05) is 6.92 Å². The number of piperidine rings is 1.